The van der Waals surface area contributed by atoms with Crippen LogP contribution in [0.1, 0.15) is 0 Å². The lowest BCUT2D eigenvalue weighted by molar-refractivity contribution is 1.08. The summed E-state index contributed by atoms with van der Waals surface area (Å²) in [4.78, 5) is 15.1. The predicted molar refractivity (Wildman–Crippen MR) is 231 cm³/mol. The van der Waals surface area contributed by atoms with E-state index >= 15 is 0 Å². The minimum atomic E-state index is 0.659. The molecule has 0 atom stereocenters. The minimum absolute atomic E-state index is 0.659. The van der Waals surface area contributed by atoms with Gasteiger partial charge in [-0.05, 0) is 68.8 Å². The second-order valence-corrected chi connectivity index (χ2v) is 14.7. The molecule has 0 saturated carbocycles. The van der Waals surface area contributed by atoms with Crippen molar-refractivity contribution in [3.63, 3.8) is 0 Å². The van der Waals surface area contributed by atoms with Gasteiger partial charge in [0.2, 0.25) is 0 Å². The van der Waals surface area contributed by atoms with Crippen molar-refractivity contribution in [2.75, 3.05) is 0 Å². The fourth-order valence-corrected chi connectivity index (χ4v) is 8.54. The average Bonchev–Trinajstić information content (AvgIpc) is 3.66. The number of fused-ring (bicyclic) bond motifs is 3. The van der Waals surface area contributed by atoms with Crippen molar-refractivity contribution in [2.24, 2.45) is 0 Å². The summed E-state index contributed by atoms with van der Waals surface area (Å²) in [7, 11) is 0. The van der Waals surface area contributed by atoms with Gasteiger partial charge in [-0.3, -0.25) is 0 Å². The topological polar surface area (TPSA) is 38.7 Å². The van der Waals surface area contributed by atoms with Crippen LogP contribution in [0.5, 0.6) is 0 Å². The zero-order valence-corrected chi connectivity index (χ0v) is 30.6. The highest BCUT2D eigenvalue weighted by Gasteiger charge is 2.18. The van der Waals surface area contributed by atoms with Crippen molar-refractivity contribution >= 4 is 31.5 Å². The van der Waals surface area contributed by atoms with E-state index in [4.69, 9.17) is 15.0 Å². The molecule has 0 fully saturated rings. The Kier molecular flexibility index (Phi) is 8.36. The van der Waals surface area contributed by atoms with Crippen LogP contribution in [0.4, 0.5) is 0 Å². The van der Waals surface area contributed by atoms with Crippen LogP contribution < -0.4 is 0 Å². The second kappa shape index (κ2) is 14.1. The third-order valence-corrected chi connectivity index (χ3v) is 11.3. The predicted octanol–water partition coefficient (Wildman–Crippen LogP) is 13.9. The highest BCUT2D eigenvalue weighted by atomic mass is 32.1. The van der Waals surface area contributed by atoms with Gasteiger partial charge in [0, 0.05) is 36.9 Å². The van der Waals surface area contributed by atoms with Gasteiger partial charge in [0.25, 0.3) is 0 Å². The molecule has 55 heavy (non-hydrogen) atoms. The van der Waals surface area contributed by atoms with Gasteiger partial charge in [0.05, 0.1) is 0 Å². The second-order valence-electron chi connectivity index (χ2n) is 13.6. The Morgan fingerprint density at radius 1 is 0.273 bits per heavy atom. The first-order valence-electron chi connectivity index (χ1n) is 18.4. The molecule has 0 N–H and O–H groups in total. The molecule has 0 amide bonds. The Bertz CT molecular complexity index is 2880. The number of hydrogen-bond donors (Lipinski definition) is 0. The molecule has 10 aromatic rings. The van der Waals surface area contributed by atoms with E-state index in [1.165, 1.54) is 59.3 Å². The molecule has 0 aliphatic carbocycles. The maximum Gasteiger partial charge on any atom is 0.164 e. The van der Waals surface area contributed by atoms with E-state index in [1.807, 2.05) is 60.7 Å². The fourth-order valence-electron chi connectivity index (χ4n) is 7.43. The maximum atomic E-state index is 5.09. The highest BCUT2D eigenvalue weighted by molar-refractivity contribution is 7.26. The van der Waals surface area contributed by atoms with Crippen LogP contribution in [0, 0.1) is 0 Å². The standard InChI is InChI=1S/C51H33N3S/c1-5-14-34(15-6-1)40-28-30-42(44(32-40)36-16-7-2-8-17-36)37-26-24-35(25-27-37)41-29-31-46-45(33-41)48-43(22-13-23-47(48)55-46)51-53-49(38-18-9-3-10-19-38)52-50(54-51)39-20-11-4-12-21-39/h1-33H. The first-order chi connectivity index (χ1) is 27.2. The molecule has 4 heteroatoms. The Balaban J connectivity index is 1.06. The third kappa shape index (κ3) is 6.29. The van der Waals surface area contributed by atoms with Crippen LogP contribution in [-0.4, -0.2) is 15.0 Å². The van der Waals surface area contributed by atoms with Crippen molar-refractivity contribution in [3.05, 3.63) is 200 Å². The average molecular weight is 720 g/mol. The van der Waals surface area contributed by atoms with Crippen LogP contribution in [0.3, 0.4) is 0 Å². The van der Waals surface area contributed by atoms with E-state index in [-0.39, 0.29) is 0 Å². The normalized spacial score (nSPS) is 11.3. The number of rotatable bonds is 7. The van der Waals surface area contributed by atoms with Gasteiger partial charge in [-0.1, -0.05) is 176 Å². The molecule has 0 bridgehead atoms. The number of benzene rings is 8. The zero-order valence-electron chi connectivity index (χ0n) is 29.8. The molecule has 3 nitrogen and oxygen atoms in total. The van der Waals surface area contributed by atoms with Crippen molar-refractivity contribution in [1.29, 1.82) is 0 Å². The number of hydrogen-bond acceptors (Lipinski definition) is 4. The summed E-state index contributed by atoms with van der Waals surface area (Å²) in [5.74, 6) is 1.99. The molecular weight excluding hydrogens is 687 g/mol. The lowest BCUT2D eigenvalue weighted by atomic mass is 9.90. The van der Waals surface area contributed by atoms with E-state index in [2.05, 4.69) is 140 Å². The lowest BCUT2D eigenvalue weighted by Crippen LogP contribution is -2.00. The Morgan fingerprint density at radius 3 is 1.38 bits per heavy atom. The summed E-state index contributed by atoms with van der Waals surface area (Å²) >= 11 is 1.80. The lowest BCUT2D eigenvalue weighted by Gasteiger charge is -2.14. The van der Waals surface area contributed by atoms with Gasteiger partial charge >= 0.3 is 0 Å². The molecule has 0 spiro atoms. The molecule has 8 aromatic carbocycles. The highest BCUT2D eigenvalue weighted by Crippen LogP contribution is 2.42. The van der Waals surface area contributed by atoms with E-state index < -0.39 is 0 Å². The number of aromatic nitrogens is 3. The van der Waals surface area contributed by atoms with Gasteiger partial charge < -0.3 is 0 Å². The van der Waals surface area contributed by atoms with Crippen molar-refractivity contribution in [3.8, 4) is 78.7 Å². The summed E-state index contributed by atoms with van der Waals surface area (Å²) < 4.78 is 2.43. The van der Waals surface area contributed by atoms with Crippen LogP contribution in [0.15, 0.2) is 200 Å². The first-order valence-corrected chi connectivity index (χ1v) is 19.3. The molecule has 0 saturated heterocycles. The Morgan fingerprint density at radius 2 is 0.745 bits per heavy atom. The molecule has 0 aliphatic rings. The van der Waals surface area contributed by atoms with Gasteiger partial charge in [-0.2, -0.15) is 0 Å². The fraction of sp³-hybridized carbons (Fsp3) is 0. The van der Waals surface area contributed by atoms with Gasteiger partial charge in [0.15, 0.2) is 17.5 Å². The van der Waals surface area contributed by atoms with E-state index in [0.29, 0.717) is 17.5 Å². The van der Waals surface area contributed by atoms with Gasteiger partial charge in [0.1, 0.15) is 0 Å². The largest absolute Gasteiger partial charge is 0.208 e. The van der Waals surface area contributed by atoms with Crippen LogP contribution >= 0.6 is 11.3 Å². The molecule has 258 valence electrons. The molecule has 2 aromatic heterocycles. The molecule has 2 heterocycles. The minimum Gasteiger partial charge on any atom is -0.208 e. The third-order valence-electron chi connectivity index (χ3n) is 10.2. The van der Waals surface area contributed by atoms with E-state index in [9.17, 15) is 0 Å². The smallest absolute Gasteiger partial charge is 0.164 e. The zero-order chi connectivity index (χ0) is 36.6. The van der Waals surface area contributed by atoms with Crippen LogP contribution in [-0.2, 0) is 0 Å². The van der Waals surface area contributed by atoms with Crippen molar-refractivity contribution in [2.45, 2.75) is 0 Å². The molecular formula is C51H33N3S. The van der Waals surface area contributed by atoms with Gasteiger partial charge in [-0.15, -0.1) is 11.3 Å². The Labute approximate surface area is 323 Å². The summed E-state index contributed by atoms with van der Waals surface area (Å²) in [6, 6.07) is 70.6. The molecule has 0 radical (unpaired) electrons. The number of nitrogens with zero attached hydrogens (tertiary/aromatic N) is 3. The first kappa shape index (κ1) is 32.6. The Hall–Kier alpha value is -7.01. The van der Waals surface area contributed by atoms with Crippen molar-refractivity contribution < 1.29 is 0 Å². The monoisotopic (exact) mass is 719 g/mol. The molecule has 0 aliphatic heterocycles. The molecule has 10 rings (SSSR count). The number of thiophene rings is 1. The van der Waals surface area contributed by atoms with Crippen LogP contribution in [0.25, 0.3) is 98.8 Å². The summed E-state index contributed by atoms with van der Waals surface area (Å²) in [5, 5.41) is 2.36. The maximum absolute atomic E-state index is 5.09. The van der Waals surface area contributed by atoms with Crippen molar-refractivity contribution in [1.82, 2.24) is 15.0 Å². The van der Waals surface area contributed by atoms with Gasteiger partial charge in [-0.25, -0.2) is 15.0 Å². The van der Waals surface area contributed by atoms with Crippen LogP contribution in [0.2, 0.25) is 0 Å². The summed E-state index contributed by atoms with van der Waals surface area (Å²) in [6.07, 6.45) is 0. The SMILES string of the molecule is c1ccc(-c2ccc(-c3ccc(-c4ccc5sc6cccc(-c7nc(-c8ccccc8)nc(-c8ccccc8)n7)c6c5c4)cc3)c(-c3ccccc3)c2)cc1. The summed E-state index contributed by atoms with van der Waals surface area (Å²) in [5.41, 5.74) is 12.5. The quantitative estimate of drug-likeness (QED) is 0.165. The summed E-state index contributed by atoms with van der Waals surface area (Å²) in [6.45, 7) is 0. The van der Waals surface area contributed by atoms with E-state index in [1.54, 1.807) is 11.3 Å². The molecule has 0 unspecified atom stereocenters. The van der Waals surface area contributed by atoms with E-state index in [0.717, 1.165) is 22.1 Å².